The Hall–Kier alpha value is -2.67. The van der Waals surface area contributed by atoms with Crippen molar-refractivity contribution in [1.29, 1.82) is 0 Å². The van der Waals surface area contributed by atoms with Gasteiger partial charge in [-0.25, -0.2) is 0 Å². The highest BCUT2D eigenvalue weighted by molar-refractivity contribution is 5.55. The van der Waals surface area contributed by atoms with E-state index in [0.717, 1.165) is 41.8 Å². The van der Waals surface area contributed by atoms with Gasteiger partial charge in [0.25, 0.3) is 5.89 Å². The van der Waals surface area contributed by atoms with Crippen LogP contribution in [-0.2, 0) is 12.1 Å². The van der Waals surface area contributed by atoms with Crippen LogP contribution in [0, 0.1) is 13.8 Å². The van der Waals surface area contributed by atoms with Crippen LogP contribution < -0.4 is 10.5 Å². The van der Waals surface area contributed by atoms with Crippen LogP contribution >= 0.6 is 0 Å². The maximum atomic E-state index is 6.25. The summed E-state index contributed by atoms with van der Waals surface area (Å²) in [6, 6.07) is 7.56. The number of aryl methyl sites for hydroxylation is 2. The zero-order valence-corrected chi connectivity index (χ0v) is 14.3. The molecule has 1 aromatic carbocycles. The molecule has 130 valence electrons. The molecule has 0 spiro atoms. The molecule has 2 heterocycles. The Morgan fingerprint density at radius 3 is 2.72 bits per heavy atom. The molecule has 0 saturated heterocycles. The predicted octanol–water partition coefficient (Wildman–Crippen LogP) is 3.26. The molecule has 3 aromatic rings. The number of benzene rings is 1. The lowest BCUT2D eigenvalue weighted by molar-refractivity contribution is 0.229. The normalized spacial score (nSPS) is 15.8. The van der Waals surface area contributed by atoms with Crippen molar-refractivity contribution in [3.05, 3.63) is 47.1 Å². The van der Waals surface area contributed by atoms with Gasteiger partial charge in [-0.3, -0.25) is 0 Å². The highest BCUT2D eigenvalue weighted by atomic mass is 16.5. The van der Waals surface area contributed by atoms with Crippen LogP contribution in [0.5, 0.6) is 5.75 Å². The van der Waals surface area contributed by atoms with E-state index in [2.05, 4.69) is 15.3 Å². The number of nitrogens with zero attached hydrogens (tertiary/aromatic N) is 3. The largest absolute Gasteiger partial charge is 0.489 e. The minimum atomic E-state index is -0.431. The number of ether oxygens (including phenoxy) is 1. The van der Waals surface area contributed by atoms with Crippen molar-refractivity contribution in [2.24, 2.45) is 5.73 Å². The molecular formula is C18H20N4O3. The van der Waals surface area contributed by atoms with Crippen LogP contribution in [0.2, 0.25) is 0 Å². The molecule has 1 fully saturated rings. The van der Waals surface area contributed by atoms with Crippen LogP contribution in [0.25, 0.3) is 11.5 Å². The van der Waals surface area contributed by atoms with Crippen LogP contribution in [-0.4, -0.2) is 15.3 Å². The van der Waals surface area contributed by atoms with E-state index in [1.165, 1.54) is 0 Å². The first kappa shape index (κ1) is 15.8. The Morgan fingerprint density at radius 1 is 1.20 bits per heavy atom. The molecule has 4 rings (SSSR count). The van der Waals surface area contributed by atoms with Crippen molar-refractivity contribution in [2.45, 2.75) is 45.3 Å². The van der Waals surface area contributed by atoms with E-state index in [9.17, 15) is 0 Å². The van der Waals surface area contributed by atoms with E-state index in [-0.39, 0.29) is 0 Å². The first-order chi connectivity index (χ1) is 12.0. The van der Waals surface area contributed by atoms with Crippen LogP contribution in [0.15, 0.2) is 33.3 Å². The summed E-state index contributed by atoms with van der Waals surface area (Å²) in [4.78, 5) is 4.47. The molecule has 1 aliphatic carbocycles. The second-order valence-electron chi connectivity index (χ2n) is 6.55. The van der Waals surface area contributed by atoms with Gasteiger partial charge in [-0.2, -0.15) is 4.98 Å². The van der Waals surface area contributed by atoms with E-state index in [4.69, 9.17) is 19.5 Å². The van der Waals surface area contributed by atoms with Crippen molar-refractivity contribution in [1.82, 2.24) is 15.3 Å². The molecule has 1 saturated carbocycles. The second kappa shape index (κ2) is 6.00. The van der Waals surface area contributed by atoms with Crippen LogP contribution in [0.1, 0.15) is 42.1 Å². The summed E-state index contributed by atoms with van der Waals surface area (Å²) >= 11 is 0. The zero-order chi connectivity index (χ0) is 17.4. The summed E-state index contributed by atoms with van der Waals surface area (Å²) in [5, 5.41) is 7.99. The van der Waals surface area contributed by atoms with Gasteiger partial charge in [-0.1, -0.05) is 16.4 Å². The fourth-order valence-electron chi connectivity index (χ4n) is 2.91. The summed E-state index contributed by atoms with van der Waals surface area (Å²) < 4.78 is 16.4. The average molecular weight is 340 g/mol. The number of nitrogens with two attached hydrogens (primary N) is 1. The van der Waals surface area contributed by atoms with Crippen LogP contribution in [0.4, 0.5) is 0 Å². The maximum absolute atomic E-state index is 6.25. The first-order valence-electron chi connectivity index (χ1n) is 8.33. The molecule has 0 radical (unpaired) electrons. The average Bonchev–Trinajstić information content (AvgIpc) is 3.19. The Kier molecular flexibility index (Phi) is 3.80. The molecule has 7 nitrogen and oxygen atoms in total. The van der Waals surface area contributed by atoms with Crippen molar-refractivity contribution in [2.75, 3.05) is 0 Å². The second-order valence-corrected chi connectivity index (χ2v) is 6.55. The quantitative estimate of drug-likeness (QED) is 0.760. The Balaban J connectivity index is 1.51. The first-order valence-corrected chi connectivity index (χ1v) is 8.33. The monoisotopic (exact) mass is 340 g/mol. The number of rotatable bonds is 5. The SMILES string of the molecule is Cc1noc(C)c1COc1cccc(-c2nc(C3(N)CCC3)no2)c1. The minimum absolute atomic E-state index is 0.394. The molecule has 1 aliphatic rings. The van der Waals surface area contributed by atoms with E-state index in [0.29, 0.717) is 24.1 Å². The lowest BCUT2D eigenvalue weighted by atomic mass is 9.77. The number of aromatic nitrogens is 3. The molecule has 0 bridgehead atoms. The molecule has 0 aliphatic heterocycles. The fourth-order valence-corrected chi connectivity index (χ4v) is 2.91. The lowest BCUT2D eigenvalue weighted by Crippen LogP contribution is -2.44. The molecule has 25 heavy (non-hydrogen) atoms. The van der Waals surface area contributed by atoms with Gasteiger partial charge in [0.05, 0.1) is 16.8 Å². The third kappa shape index (κ3) is 2.91. The maximum Gasteiger partial charge on any atom is 0.258 e. The van der Waals surface area contributed by atoms with Gasteiger partial charge in [0.2, 0.25) is 0 Å². The summed E-state index contributed by atoms with van der Waals surface area (Å²) in [6.07, 6.45) is 2.89. The standard InChI is InChI=1S/C18H20N4O3/c1-11-15(12(2)24-21-11)10-23-14-6-3-5-13(9-14)16-20-17(22-25-16)18(19)7-4-8-18/h3,5-6,9H,4,7-8,10,19H2,1-2H3. The van der Waals surface area contributed by atoms with Crippen molar-refractivity contribution in [3.63, 3.8) is 0 Å². The predicted molar refractivity (Wildman–Crippen MR) is 89.8 cm³/mol. The van der Waals surface area contributed by atoms with Crippen molar-refractivity contribution < 1.29 is 13.8 Å². The summed E-state index contributed by atoms with van der Waals surface area (Å²) in [5.41, 5.74) is 8.42. The molecule has 0 unspecified atom stereocenters. The third-order valence-corrected chi connectivity index (χ3v) is 4.76. The van der Waals surface area contributed by atoms with Gasteiger partial charge >= 0.3 is 0 Å². The summed E-state index contributed by atoms with van der Waals surface area (Å²) in [5.74, 6) is 2.51. The zero-order valence-electron chi connectivity index (χ0n) is 14.3. The molecule has 7 heteroatoms. The van der Waals surface area contributed by atoms with Crippen LogP contribution in [0.3, 0.4) is 0 Å². The van der Waals surface area contributed by atoms with Gasteiger partial charge in [-0.05, 0) is 51.3 Å². The molecule has 0 atom stereocenters. The van der Waals surface area contributed by atoms with E-state index >= 15 is 0 Å². The Bertz CT molecular complexity index is 876. The summed E-state index contributed by atoms with van der Waals surface area (Å²) in [7, 11) is 0. The molecule has 0 amide bonds. The number of hydrogen-bond donors (Lipinski definition) is 1. The third-order valence-electron chi connectivity index (χ3n) is 4.76. The molecule has 2 aromatic heterocycles. The van der Waals surface area contributed by atoms with Crippen molar-refractivity contribution in [3.8, 4) is 17.2 Å². The Labute approximate surface area is 145 Å². The smallest absolute Gasteiger partial charge is 0.258 e. The minimum Gasteiger partial charge on any atom is -0.489 e. The van der Waals surface area contributed by atoms with Gasteiger partial charge in [-0.15, -0.1) is 0 Å². The van der Waals surface area contributed by atoms with E-state index in [1.807, 2.05) is 38.1 Å². The van der Waals surface area contributed by atoms with Gasteiger partial charge in [0.15, 0.2) is 5.82 Å². The lowest BCUT2D eigenvalue weighted by Gasteiger charge is -2.34. The topological polar surface area (TPSA) is 100 Å². The Morgan fingerprint density at radius 2 is 2.04 bits per heavy atom. The molecule has 2 N–H and O–H groups in total. The molecular weight excluding hydrogens is 320 g/mol. The van der Waals surface area contributed by atoms with Gasteiger partial charge in [0, 0.05) is 5.56 Å². The number of hydrogen-bond acceptors (Lipinski definition) is 7. The van der Waals surface area contributed by atoms with E-state index in [1.54, 1.807) is 0 Å². The highest BCUT2D eigenvalue weighted by Gasteiger charge is 2.39. The fraction of sp³-hybridized carbons (Fsp3) is 0.389. The van der Waals surface area contributed by atoms with Gasteiger partial charge in [0.1, 0.15) is 18.1 Å². The van der Waals surface area contributed by atoms with Gasteiger partial charge < -0.3 is 19.5 Å². The summed E-state index contributed by atoms with van der Waals surface area (Å²) in [6.45, 7) is 4.17. The van der Waals surface area contributed by atoms with E-state index < -0.39 is 5.54 Å². The van der Waals surface area contributed by atoms with Crippen molar-refractivity contribution >= 4 is 0 Å². The highest BCUT2D eigenvalue weighted by Crippen LogP contribution is 2.37.